The Morgan fingerprint density at radius 3 is 2.26 bits per heavy atom. The lowest BCUT2D eigenvalue weighted by molar-refractivity contribution is -0.0494. The summed E-state index contributed by atoms with van der Waals surface area (Å²) in [4.78, 5) is 6.81. The SMILES string of the molecule is CCNC(=NCC(C1CC1)N(C)C)NC1CCN(S(=O)(=O)C(F)(F)F)CC1. The van der Waals surface area contributed by atoms with E-state index in [1.165, 1.54) is 12.8 Å². The number of likely N-dealkylation sites (N-methyl/N-ethyl adjacent to an activating group) is 1. The summed E-state index contributed by atoms with van der Waals surface area (Å²) in [6.07, 6.45) is 3.04. The van der Waals surface area contributed by atoms with Crippen molar-refractivity contribution in [1.29, 1.82) is 0 Å². The van der Waals surface area contributed by atoms with Gasteiger partial charge in [0, 0.05) is 31.7 Å². The molecule has 1 unspecified atom stereocenters. The topological polar surface area (TPSA) is 77.0 Å². The minimum absolute atomic E-state index is 0.110. The largest absolute Gasteiger partial charge is 0.511 e. The van der Waals surface area contributed by atoms with Crippen molar-refractivity contribution in [1.82, 2.24) is 19.8 Å². The molecule has 0 aromatic heterocycles. The lowest BCUT2D eigenvalue weighted by atomic mass is 10.1. The highest BCUT2D eigenvalue weighted by Crippen LogP contribution is 2.34. The molecule has 27 heavy (non-hydrogen) atoms. The van der Waals surface area contributed by atoms with Crippen molar-refractivity contribution in [3.8, 4) is 0 Å². The summed E-state index contributed by atoms with van der Waals surface area (Å²) in [5.41, 5.74) is -5.24. The van der Waals surface area contributed by atoms with Gasteiger partial charge in [0.1, 0.15) is 0 Å². The monoisotopic (exact) mass is 413 g/mol. The summed E-state index contributed by atoms with van der Waals surface area (Å²) in [5.74, 6) is 1.30. The van der Waals surface area contributed by atoms with Crippen LogP contribution in [0.4, 0.5) is 13.2 Å². The van der Waals surface area contributed by atoms with E-state index in [0.717, 1.165) is 0 Å². The minimum atomic E-state index is -5.24. The van der Waals surface area contributed by atoms with E-state index in [1.807, 2.05) is 21.0 Å². The van der Waals surface area contributed by atoms with Crippen LogP contribution in [0.2, 0.25) is 0 Å². The Kier molecular flexibility index (Phi) is 7.37. The van der Waals surface area contributed by atoms with E-state index in [2.05, 4.69) is 20.5 Å². The van der Waals surface area contributed by atoms with E-state index in [9.17, 15) is 21.6 Å². The Bertz CT molecular complexity index is 610. The summed E-state index contributed by atoms with van der Waals surface area (Å²) in [6.45, 7) is 2.96. The summed E-state index contributed by atoms with van der Waals surface area (Å²) >= 11 is 0. The Balaban J connectivity index is 1.91. The smallest absolute Gasteiger partial charge is 0.357 e. The lowest BCUT2D eigenvalue weighted by Gasteiger charge is -2.32. The summed E-state index contributed by atoms with van der Waals surface area (Å²) in [5, 5.41) is 6.40. The van der Waals surface area contributed by atoms with Gasteiger partial charge >= 0.3 is 15.5 Å². The van der Waals surface area contributed by atoms with Gasteiger partial charge in [-0.05, 0) is 52.6 Å². The van der Waals surface area contributed by atoms with Crippen molar-refractivity contribution in [3.05, 3.63) is 0 Å². The Hall–Kier alpha value is -1.07. The zero-order valence-electron chi connectivity index (χ0n) is 16.1. The number of nitrogens with zero attached hydrogens (tertiary/aromatic N) is 3. The molecule has 158 valence electrons. The molecule has 11 heteroatoms. The molecule has 1 aliphatic heterocycles. The molecule has 2 N–H and O–H groups in total. The average molecular weight is 414 g/mol. The van der Waals surface area contributed by atoms with Crippen molar-refractivity contribution in [2.24, 2.45) is 10.9 Å². The first kappa shape index (κ1) is 22.2. The number of rotatable bonds is 7. The maximum atomic E-state index is 12.7. The van der Waals surface area contributed by atoms with Crippen LogP contribution in [0, 0.1) is 5.92 Å². The molecule has 0 amide bonds. The number of piperidine rings is 1. The first-order valence-electron chi connectivity index (χ1n) is 9.34. The van der Waals surface area contributed by atoms with Crippen LogP contribution < -0.4 is 10.6 Å². The molecule has 1 heterocycles. The molecular formula is C16H30F3N5O2S. The third kappa shape index (κ3) is 5.95. The second-order valence-corrected chi connectivity index (χ2v) is 9.29. The molecule has 0 aromatic rings. The predicted octanol–water partition coefficient (Wildman–Crippen LogP) is 1.20. The third-order valence-electron chi connectivity index (χ3n) is 5.04. The Morgan fingerprint density at radius 2 is 1.81 bits per heavy atom. The van der Waals surface area contributed by atoms with Gasteiger partial charge in [-0.3, -0.25) is 4.99 Å². The maximum Gasteiger partial charge on any atom is 0.511 e. The second-order valence-electron chi connectivity index (χ2n) is 7.36. The van der Waals surface area contributed by atoms with Crippen LogP contribution in [0.5, 0.6) is 0 Å². The lowest BCUT2D eigenvalue weighted by Crippen LogP contribution is -2.51. The molecule has 2 rings (SSSR count). The van der Waals surface area contributed by atoms with Crippen LogP contribution in [0.25, 0.3) is 0 Å². The highest BCUT2D eigenvalue weighted by molar-refractivity contribution is 7.90. The molecule has 0 bridgehead atoms. The van der Waals surface area contributed by atoms with Gasteiger partial charge < -0.3 is 15.5 Å². The molecule has 0 spiro atoms. The van der Waals surface area contributed by atoms with Crippen LogP contribution in [0.3, 0.4) is 0 Å². The Labute approximate surface area is 159 Å². The zero-order chi connectivity index (χ0) is 20.2. The maximum absolute atomic E-state index is 12.7. The van der Waals surface area contributed by atoms with Gasteiger partial charge in [0.05, 0.1) is 6.54 Å². The number of alkyl halides is 3. The van der Waals surface area contributed by atoms with Gasteiger partial charge in [-0.15, -0.1) is 0 Å². The fourth-order valence-corrected chi connectivity index (χ4v) is 4.28. The number of halogens is 3. The van der Waals surface area contributed by atoms with Gasteiger partial charge in [-0.2, -0.15) is 17.5 Å². The molecule has 2 aliphatic rings. The number of hydrogen-bond acceptors (Lipinski definition) is 4. The van der Waals surface area contributed by atoms with E-state index in [0.29, 0.717) is 48.2 Å². The van der Waals surface area contributed by atoms with Crippen LogP contribution in [0.1, 0.15) is 32.6 Å². The van der Waals surface area contributed by atoms with E-state index in [1.54, 1.807) is 0 Å². The fourth-order valence-electron chi connectivity index (χ4n) is 3.30. The first-order chi connectivity index (χ1) is 12.6. The number of aliphatic imine (C=N–C) groups is 1. The van der Waals surface area contributed by atoms with Crippen LogP contribution >= 0.6 is 0 Å². The standard InChI is InChI=1S/C16H30F3N5O2S/c1-4-20-15(21-11-14(23(2)3)12-5-6-12)22-13-7-9-24(10-8-13)27(25,26)16(17,18)19/h12-14H,4-11H2,1-3H3,(H2,20,21,22). The summed E-state index contributed by atoms with van der Waals surface area (Å²) in [7, 11) is -1.17. The van der Waals surface area contributed by atoms with Crippen LogP contribution in [-0.4, -0.2) is 81.4 Å². The molecule has 1 atom stereocenters. The van der Waals surface area contributed by atoms with E-state index in [4.69, 9.17) is 0 Å². The molecule has 0 aromatic carbocycles. The van der Waals surface area contributed by atoms with Crippen LogP contribution in [0.15, 0.2) is 4.99 Å². The van der Waals surface area contributed by atoms with Crippen LogP contribution in [-0.2, 0) is 10.0 Å². The molecular weight excluding hydrogens is 383 g/mol. The highest BCUT2D eigenvalue weighted by atomic mass is 32.2. The van der Waals surface area contributed by atoms with Gasteiger partial charge in [-0.25, -0.2) is 8.42 Å². The second kappa shape index (κ2) is 8.95. The average Bonchev–Trinajstić information content (AvgIpc) is 3.39. The number of nitrogens with one attached hydrogen (secondary N) is 2. The molecule has 2 fully saturated rings. The predicted molar refractivity (Wildman–Crippen MR) is 98.9 cm³/mol. The quantitative estimate of drug-likeness (QED) is 0.484. The third-order valence-corrected chi connectivity index (χ3v) is 6.67. The van der Waals surface area contributed by atoms with Gasteiger partial charge in [0.25, 0.3) is 0 Å². The number of sulfonamides is 1. The zero-order valence-corrected chi connectivity index (χ0v) is 16.9. The van der Waals surface area contributed by atoms with Crippen molar-refractivity contribution >= 4 is 16.0 Å². The number of hydrogen-bond donors (Lipinski definition) is 2. The van der Waals surface area contributed by atoms with E-state index in [-0.39, 0.29) is 19.1 Å². The van der Waals surface area contributed by atoms with Crippen molar-refractivity contribution < 1.29 is 21.6 Å². The number of guanidine groups is 1. The Morgan fingerprint density at radius 1 is 1.22 bits per heavy atom. The fraction of sp³-hybridized carbons (Fsp3) is 0.938. The highest BCUT2D eigenvalue weighted by Gasteiger charge is 2.50. The minimum Gasteiger partial charge on any atom is -0.357 e. The molecule has 0 radical (unpaired) electrons. The van der Waals surface area contributed by atoms with Crippen molar-refractivity contribution in [2.45, 2.75) is 50.2 Å². The van der Waals surface area contributed by atoms with Gasteiger partial charge in [-0.1, -0.05) is 0 Å². The summed E-state index contributed by atoms with van der Waals surface area (Å²) in [6, 6.07) is 0.264. The molecule has 1 aliphatic carbocycles. The van der Waals surface area contributed by atoms with E-state index < -0.39 is 15.5 Å². The molecule has 1 saturated heterocycles. The van der Waals surface area contributed by atoms with Gasteiger partial charge in [0.2, 0.25) is 0 Å². The normalized spacial score (nSPS) is 22.1. The van der Waals surface area contributed by atoms with Crippen molar-refractivity contribution in [2.75, 3.05) is 40.3 Å². The van der Waals surface area contributed by atoms with Crippen molar-refractivity contribution in [3.63, 3.8) is 0 Å². The van der Waals surface area contributed by atoms with E-state index >= 15 is 0 Å². The summed E-state index contributed by atoms with van der Waals surface area (Å²) < 4.78 is 61.5. The first-order valence-corrected chi connectivity index (χ1v) is 10.8. The molecule has 7 nitrogen and oxygen atoms in total. The molecule has 1 saturated carbocycles. The van der Waals surface area contributed by atoms with Gasteiger partial charge in [0.15, 0.2) is 5.96 Å².